The van der Waals surface area contributed by atoms with Crippen LogP contribution in [0.5, 0.6) is 5.75 Å². The summed E-state index contributed by atoms with van der Waals surface area (Å²) < 4.78 is 7.40. The van der Waals surface area contributed by atoms with E-state index in [1.165, 1.54) is 11.3 Å². The van der Waals surface area contributed by atoms with E-state index in [4.69, 9.17) is 27.9 Å². The maximum Gasteiger partial charge on any atom is 0.235 e. The lowest BCUT2D eigenvalue weighted by Gasteiger charge is -2.06. The summed E-state index contributed by atoms with van der Waals surface area (Å²) in [6, 6.07) is 7.09. The van der Waals surface area contributed by atoms with Crippen LogP contribution in [0.4, 0.5) is 0 Å². The predicted molar refractivity (Wildman–Crippen MR) is 106 cm³/mol. The van der Waals surface area contributed by atoms with Crippen molar-refractivity contribution in [3.63, 3.8) is 0 Å². The van der Waals surface area contributed by atoms with Gasteiger partial charge in [0.1, 0.15) is 18.1 Å². The predicted octanol–water partition coefficient (Wildman–Crippen LogP) is 4.66. The summed E-state index contributed by atoms with van der Waals surface area (Å²) in [5.74, 6) is 1.66. The third-order valence-corrected chi connectivity index (χ3v) is 5.24. The highest BCUT2D eigenvalue weighted by atomic mass is 35.5. The normalized spacial score (nSPS) is 11.6. The van der Waals surface area contributed by atoms with E-state index < -0.39 is 0 Å². The van der Waals surface area contributed by atoms with Crippen LogP contribution in [0.1, 0.15) is 25.4 Å². The molecular weight excluding hydrogens is 407 g/mol. The van der Waals surface area contributed by atoms with Crippen molar-refractivity contribution in [3.8, 4) is 16.5 Å². The van der Waals surface area contributed by atoms with Crippen molar-refractivity contribution >= 4 is 39.5 Å². The zero-order valence-electron chi connectivity index (χ0n) is 14.6. The Morgan fingerprint density at radius 2 is 2.07 bits per heavy atom. The number of nitrogens with zero attached hydrogens (tertiary/aromatic N) is 5. The lowest BCUT2D eigenvalue weighted by atomic mass is 10.1. The molecule has 0 radical (unpaired) electrons. The van der Waals surface area contributed by atoms with Crippen LogP contribution in [-0.2, 0) is 13.0 Å². The summed E-state index contributed by atoms with van der Waals surface area (Å²) in [4.78, 5) is 0.680. The second-order valence-corrected chi connectivity index (χ2v) is 8.26. The lowest BCUT2D eigenvalue weighted by molar-refractivity contribution is 0.293. The summed E-state index contributed by atoms with van der Waals surface area (Å²) in [6.07, 6.45) is 0.942. The quantitative estimate of drug-likeness (QED) is 0.488. The zero-order valence-corrected chi connectivity index (χ0v) is 16.9. The molecule has 0 atom stereocenters. The minimum absolute atomic E-state index is 0.185. The Balaban J connectivity index is 1.54. The van der Waals surface area contributed by atoms with E-state index in [9.17, 15) is 0 Å². The number of aromatic nitrogens is 6. The molecule has 1 aromatic carbocycles. The molecule has 1 N–H and O–H groups in total. The molecule has 0 aliphatic rings. The monoisotopic (exact) mass is 422 g/mol. The van der Waals surface area contributed by atoms with Gasteiger partial charge in [-0.3, -0.25) is 5.10 Å². The van der Waals surface area contributed by atoms with E-state index in [0.717, 1.165) is 22.8 Å². The molecule has 0 fully saturated rings. The molecule has 0 unspecified atom stereocenters. The van der Waals surface area contributed by atoms with Crippen LogP contribution < -0.4 is 4.74 Å². The Morgan fingerprint density at radius 1 is 1.22 bits per heavy atom. The Bertz CT molecular complexity index is 1090. The van der Waals surface area contributed by atoms with E-state index in [-0.39, 0.29) is 6.61 Å². The van der Waals surface area contributed by atoms with Gasteiger partial charge >= 0.3 is 0 Å². The third kappa shape index (κ3) is 3.92. The highest BCUT2D eigenvalue weighted by Gasteiger charge is 2.16. The third-order valence-electron chi connectivity index (χ3n) is 3.78. The average Bonchev–Trinajstić information content (AvgIpc) is 3.29. The molecule has 3 aromatic heterocycles. The fraction of sp³-hybridized carbons (Fsp3) is 0.294. The van der Waals surface area contributed by atoms with Crippen molar-refractivity contribution in [3.05, 3.63) is 45.8 Å². The minimum atomic E-state index is 0.185. The van der Waals surface area contributed by atoms with Crippen LogP contribution in [-0.4, -0.2) is 30.0 Å². The van der Waals surface area contributed by atoms with Gasteiger partial charge in [-0.15, -0.1) is 10.2 Å². The molecule has 0 saturated carbocycles. The molecule has 4 aromatic rings. The molecule has 10 heteroatoms. The second kappa shape index (κ2) is 7.46. The molecule has 0 amide bonds. The van der Waals surface area contributed by atoms with Crippen LogP contribution in [0.25, 0.3) is 15.7 Å². The maximum absolute atomic E-state index is 6.13. The van der Waals surface area contributed by atoms with Gasteiger partial charge in [-0.1, -0.05) is 48.4 Å². The first-order valence-corrected chi connectivity index (χ1v) is 9.90. The van der Waals surface area contributed by atoms with Crippen molar-refractivity contribution in [1.82, 2.24) is 30.0 Å². The van der Waals surface area contributed by atoms with Crippen molar-refractivity contribution in [2.45, 2.75) is 26.9 Å². The number of fused-ring (bicyclic) bond motifs is 1. The average molecular weight is 423 g/mol. The highest BCUT2D eigenvalue weighted by molar-refractivity contribution is 7.19. The topological polar surface area (TPSA) is 81.0 Å². The summed E-state index contributed by atoms with van der Waals surface area (Å²) in [7, 11) is 0. The number of aromatic amines is 1. The van der Waals surface area contributed by atoms with Crippen molar-refractivity contribution in [1.29, 1.82) is 0 Å². The van der Waals surface area contributed by atoms with Gasteiger partial charge in [0.2, 0.25) is 4.96 Å². The number of hydrogen-bond donors (Lipinski definition) is 1. The Labute approximate surface area is 169 Å². The first-order chi connectivity index (χ1) is 13.0. The maximum atomic E-state index is 6.13. The molecule has 0 aliphatic heterocycles. The molecule has 0 aliphatic carbocycles. The molecule has 0 spiro atoms. The van der Waals surface area contributed by atoms with Crippen molar-refractivity contribution in [2.24, 2.45) is 5.92 Å². The summed E-state index contributed by atoms with van der Waals surface area (Å²) in [5, 5.41) is 22.1. The molecule has 4 rings (SSSR count). The highest BCUT2D eigenvalue weighted by Crippen LogP contribution is 2.29. The van der Waals surface area contributed by atoms with Gasteiger partial charge in [-0.05, 0) is 36.6 Å². The first kappa shape index (κ1) is 18.2. The van der Waals surface area contributed by atoms with Gasteiger partial charge in [-0.2, -0.15) is 14.7 Å². The summed E-state index contributed by atoms with van der Waals surface area (Å²) >= 11 is 13.5. The Morgan fingerprint density at radius 3 is 2.85 bits per heavy atom. The zero-order chi connectivity index (χ0) is 19.0. The molecular formula is C17H16Cl2N6OS. The number of rotatable bonds is 6. The van der Waals surface area contributed by atoms with Gasteiger partial charge in [-0.25, -0.2) is 0 Å². The second-order valence-electron chi connectivity index (χ2n) is 6.46. The van der Waals surface area contributed by atoms with E-state index in [2.05, 4.69) is 39.3 Å². The van der Waals surface area contributed by atoms with Gasteiger partial charge in [0.25, 0.3) is 0 Å². The van der Waals surface area contributed by atoms with Gasteiger partial charge in [0, 0.05) is 10.7 Å². The van der Waals surface area contributed by atoms with E-state index >= 15 is 0 Å². The summed E-state index contributed by atoms with van der Waals surface area (Å²) in [5.41, 5.74) is 1.89. The van der Waals surface area contributed by atoms with E-state index in [0.29, 0.717) is 32.5 Å². The number of hydrogen-bond acceptors (Lipinski definition) is 6. The van der Waals surface area contributed by atoms with E-state index in [1.807, 2.05) is 6.07 Å². The standard InChI is InChI=1S/C17H16Cl2N6OS/c1-9(2)5-11-7-13(21-20-11)16-24-25-15(22-23-17(25)27-16)8-26-14-4-3-10(18)6-12(14)19/h3-4,6-7,9H,5,8H2,1-2H3,(H,20,21). The number of benzene rings is 1. The number of nitrogens with one attached hydrogen (secondary N) is 1. The Hall–Kier alpha value is -2.16. The number of H-pyrrole nitrogens is 1. The molecule has 0 saturated heterocycles. The smallest absolute Gasteiger partial charge is 0.235 e. The van der Waals surface area contributed by atoms with Crippen LogP contribution in [0, 0.1) is 5.92 Å². The van der Waals surface area contributed by atoms with Crippen molar-refractivity contribution < 1.29 is 4.74 Å². The van der Waals surface area contributed by atoms with Gasteiger partial charge in [0.05, 0.1) is 5.02 Å². The molecule has 3 heterocycles. The molecule has 7 nitrogen and oxygen atoms in total. The van der Waals surface area contributed by atoms with Crippen LogP contribution >= 0.6 is 34.5 Å². The number of halogens is 2. The largest absolute Gasteiger partial charge is 0.484 e. The van der Waals surface area contributed by atoms with Crippen LogP contribution in [0.15, 0.2) is 24.3 Å². The molecule has 0 bridgehead atoms. The molecule has 140 valence electrons. The molecule has 27 heavy (non-hydrogen) atoms. The fourth-order valence-corrected chi connectivity index (χ4v) is 3.88. The van der Waals surface area contributed by atoms with Crippen LogP contribution in [0.3, 0.4) is 0 Å². The number of ether oxygens (including phenoxy) is 1. The fourth-order valence-electron chi connectivity index (χ4n) is 2.60. The first-order valence-electron chi connectivity index (χ1n) is 8.33. The summed E-state index contributed by atoms with van der Waals surface area (Å²) in [6.45, 7) is 4.52. The van der Waals surface area contributed by atoms with Crippen molar-refractivity contribution in [2.75, 3.05) is 0 Å². The van der Waals surface area contributed by atoms with Gasteiger partial charge in [0.15, 0.2) is 10.8 Å². The Kier molecular flexibility index (Phi) is 5.03. The van der Waals surface area contributed by atoms with E-state index in [1.54, 1.807) is 22.7 Å². The van der Waals surface area contributed by atoms with Gasteiger partial charge < -0.3 is 4.74 Å². The SMILES string of the molecule is CC(C)Cc1cc(-c2nn3c(COc4ccc(Cl)cc4Cl)nnc3s2)n[nH]1. The van der Waals surface area contributed by atoms with Crippen LogP contribution in [0.2, 0.25) is 10.0 Å². The lowest BCUT2D eigenvalue weighted by Crippen LogP contribution is -2.02. The minimum Gasteiger partial charge on any atom is -0.484 e.